The molecule has 1 nitrogen and oxygen atoms in total. The van der Waals surface area contributed by atoms with Crippen LogP contribution in [0.25, 0.3) is 43.8 Å². The maximum absolute atomic E-state index is 15.4. The maximum Gasteiger partial charge on any atom is 0.198 e. The van der Waals surface area contributed by atoms with Crippen LogP contribution in [0.5, 0.6) is 5.75 Å². The van der Waals surface area contributed by atoms with Crippen LogP contribution < -0.4 is 4.74 Å². The zero-order chi connectivity index (χ0) is 24.1. The predicted molar refractivity (Wildman–Crippen MR) is 119 cm³/mol. The summed E-state index contributed by atoms with van der Waals surface area (Å²) >= 11 is 0. The number of benzene rings is 5. The minimum Gasteiger partial charge on any atom is -0.497 e. The molecular formula is C27H14F6O. The fourth-order valence-electron chi connectivity index (χ4n) is 4.36. The highest BCUT2D eigenvalue weighted by Crippen LogP contribution is 2.47. The van der Waals surface area contributed by atoms with Gasteiger partial charge in [-0.1, -0.05) is 54.6 Å². The molecule has 0 aromatic heterocycles. The number of hydrogen-bond donors (Lipinski definition) is 0. The van der Waals surface area contributed by atoms with Crippen LogP contribution in [-0.2, 0) is 0 Å². The molecule has 0 aliphatic heterocycles. The van der Waals surface area contributed by atoms with Crippen LogP contribution in [0.15, 0.2) is 66.7 Å². The van der Waals surface area contributed by atoms with Crippen molar-refractivity contribution in [2.75, 3.05) is 7.11 Å². The number of rotatable bonds is 3. The Morgan fingerprint density at radius 3 is 1.53 bits per heavy atom. The molecule has 0 fully saturated rings. The Bertz CT molecular complexity index is 1570. The molecular weight excluding hydrogens is 454 g/mol. The van der Waals surface area contributed by atoms with Crippen molar-refractivity contribution in [2.24, 2.45) is 0 Å². The van der Waals surface area contributed by atoms with E-state index in [9.17, 15) is 8.78 Å². The summed E-state index contributed by atoms with van der Waals surface area (Å²) in [4.78, 5) is 0. The highest BCUT2D eigenvalue weighted by atomic mass is 19.2. The molecule has 170 valence electrons. The lowest BCUT2D eigenvalue weighted by Crippen LogP contribution is -2.04. The molecule has 7 heteroatoms. The van der Waals surface area contributed by atoms with Crippen molar-refractivity contribution < 1.29 is 31.1 Å². The summed E-state index contributed by atoms with van der Waals surface area (Å²) in [5, 5.41) is -0.987. The summed E-state index contributed by atoms with van der Waals surface area (Å²) in [5.74, 6) is -9.91. The molecule has 34 heavy (non-hydrogen) atoms. The van der Waals surface area contributed by atoms with Crippen LogP contribution in [-0.4, -0.2) is 7.11 Å². The molecule has 0 spiro atoms. The molecule has 0 bridgehead atoms. The van der Waals surface area contributed by atoms with Crippen LogP contribution in [0.3, 0.4) is 0 Å². The molecule has 0 saturated heterocycles. The van der Waals surface area contributed by atoms with Gasteiger partial charge in [0.2, 0.25) is 0 Å². The molecule has 0 aliphatic rings. The van der Waals surface area contributed by atoms with Gasteiger partial charge in [-0.3, -0.25) is 0 Å². The van der Waals surface area contributed by atoms with Gasteiger partial charge >= 0.3 is 0 Å². The molecule has 0 atom stereocenters. The van der Waals surface area contributed by atoms with Crippen molar-refractivity contribution in [2.45, 2.75) is 0 Å². The van der Waals surface area contributed by atoms with Gasteiger partial charge in [-0.15, -0.1) is 0 Å². The number of fused-ring (bicyclic) bond motifs is 2. The minimum atomic E-state index is -2.07. The number of ether oxygens (including phenoxy) is 1. The monoisotopic (exact) mass is 468 g/mol. The molecule has 5 rings (SSSR count). The second kappa shape index (κ2) is 8.09. The summed E-state index contributed by atoms with van der Waals surface area (Å²) in [5.41, 5.74) is -0.695. The van der Waals surface area contributed by atoms with Crippen LogP contribution in [0.4, 0.5) is 26.3 Å². The fraction of sp³-hybridized carbons (Fsp3) is 0.0370. The Morgan fingerprint density at radius 2 is 1.00 bits per heavy atom. The van der Waals surface area contributed by atoms with Gasteiger partial charge in [0.1, 0.15) is 17.4 Å². The molecule has 5 aromatic rings. The van der Waals surface area contributed by atoms with Crippen LogP contribution in [0.1, 0.15) is 0 Å². The van der Waals surface area contributed by atoms with E-state index in [1.165, 1.54) is 13.2 Å². The van der Waals surface area contributed by atoms with E-state index in [-0.39, 0.29) is 22.1 Å². The van der Waals surface area contributed by atoms with Crippen molar-refractivity contribution in [1.82, 2.24) is 0 Å². The van der Waals surface area contributed by atoms with Gasteiger partial charge in [-0.2, -0.15) is 0 Å². The fourth-order valence-corrected chi connectivity index (χ4v) is 4.36. The highest BCUT2D eigenvalue weighted by Gasteiger charge is 2.30. The van der Waals surface area contributed by atoms with E-state index in [1.54, 1.807) is 48.5 Å². The Morgan fingerprint density at radius 1 is 0.529 bits per heavy atom. The van der Waals surface area contributed by atoms with Gasteiger partial charge in [0.05, 0.1) is 12.7 Å². The first-order valence-electron chi connectivity index (χ1n) is 10.1. The maximum atomic E-state index is 15.4. The van der Waals surface area contributed by atoms with E-state index in [0.717, 1.165) is 12.1 Å². The van der Waals surface area contributed by atoms with E-state index in [0.29, 0.717) is 5.56 Å². The molecule has 0 N–H and O–H groups in total. The molecule has 0 unspecified atom stereocenters. The summed E-state index contributed by atoms with van der Waals surface area (Å²) in [6.07, 6.45) is 0. The summed E-state index contributed by atoms with van der Waals surface area (Å²) in [6, 6.07) is 16.0. The van der Waals surface area contributed by atoms with Crippen molar-refractivity contribution in [3.8, 4) is 28.0 Å². The topological polar surface area (TPSA) is 9.23 Å². The average Bonchev–Trinajstić information content (AvgIpc) is 2.85. The van der Waals surface area contributed by atoms with Gasteiger partial charge < -0.3 is 4.74 Å². The largest absolute Gasteiger partial charge is 0.497 e. The van der Waals surface area contributed by atoms with E-state index in [2.05, 4.69) is 0 Å². The van der Waals surface area contributed by atoms with E-state index >= 15 is 17.6 Å². The number of halogens is 6. The first kappa shape index (κ1) is 21.8. The number of hydrogen-bond acceptors (Lipinski definition) is 1. The molecule has 5 aromatic carbocycles. The lowest BCUT2D eigenvalue weighted by molar-refractivity contribution is 0.407. The predicted octanol–water partition coefficient (Wildman–Crippen LogP) is 8.17. The summed E-state index contributed by atoms with van der Waals surface area (Å²) in [6.45, 7) is 0. The molecule has 0 saturated carbocycles. The smallest absolute Gasteiger partial charge is 0.198 e. The third-order valence-corrected chi connectivity index (χ3v) is 5.80. The van der Waals surface area contributed by atoms with Crippen LogP contribution in [0, 0.1) is 34.9 Å². The first-order valence-corrected chi connectivity index (χ1v) is 10.1. The molecule has 0 aliphatic carbocycles. The van der Waals surface area contributed by atoms with Crippen LogP contribution in [0.2, 0.25) is 0 Å². The standard InChI is InChI=1S/C27H14F6O/c1-34-14-11-17(28)21(18(29)12-14)20-16-10-6-5-9-15(16)19(13-7-3-2-4-8-13)22-23(20)25(31)27(33)26(32)24(22)30/h2-12H,1H3. The van der Waals surface area contributed by atoms with Gasteiger partial charge in [-0.25, -0.2) is 26.3 Å². The Kier molecular flexibility index (Phi) is 5.20. The number of methoxy groups -OCH3 is 1. The Labute approximate surface area is 189 Å². The summed E-state index contributed by atoms with van der Waals surface area (Å²) in [7, 11) is 1.21. The van der Waals surface area contributed by atoms with E-state index < -0.39 is 56.8 Å². The van der Waals surface area contributed by atoms with Gasteiger partial charge in [-0.05, 0) is 16.3 Å². The van der Waals surface area contributed by atoms with Gasteiger partial charge in [0.25, 0.3) is 0 Å². The average molecular weight is 468 g/mol. The Hall–Kier alpha value is -4.00. The van der Waals surface area contributed by atoms with Crippen molar-refractivity contribution >= 4 is 21.5 Å². The van der Waals surface area contributed by atoms with Crippen LogP contribution >= 0.6 is 0 Å². The van der Waals surface area contributed by atoms with Gasteiger partial charge in [0, 0.05) is 34.0 Å². The third-order valence-electron chi connectivity index (χ3n) is 5.80. The first-order chi connectivity index (χ1) is 16.3. The third kappa shape index (κ3) is 3.11. The second-order valence-corrected chi connectivity index (χ2v) is 7.63. The van der Waals surface area contributed by atoms with Crippen molar-refractivity contribution in [1.29, 1.82) is 0 Å². The SMILES string of the molecule is COc1cc(F)c(-c2c3ccccc3c(-c3ccccc3)c3c(F)c(F)c(F)c(F)c23)c(F)c1. The molecule has 0 radical (unpaired) electrons. The zero-order valence-electron chi connectivity index (χ0n) is 17.5. The lowest BCUT2D eigenvalue weighted by atomic mass is 9.85. The van der Waals surface area contributed by atoms with E-state index in [4.69, 9.17) is 4.74 Å². The van der Waals surface area contributed by atoms with E-state index in [1.807, 2.05) is 0 Å². The van der Waals surface area contributed by atoms with Crippen molar-refractivity contribution in [3.63, 3.8) is 0 Å². The zero-order valence-corrected chi connectivity index (χ0v) is 17.5. The molecule has 0 amide bonds. The lowest BCUT2D eigenvalue weighted by Gasteiger charge is -2.20. The quantitative estimate of drug-likeness (QED) is 0.112. The van der Waals surface area contributed by atoms with Gasteiger partial charge in [0.15, 0.2) is 23.3 Å². The summed E-state index contributed by atoms with van der Waals surface area (Å²) < 4.78 is 94.8. The highest BCUT2D eigenvalue weighted by molar-refractivity contribution is 6.21. The van der Waals surface area contributed by atoms with Crippen molar-refractivity contribution in [3.05, 3.63) is 102 Å². The second-order valence-electron chi connectivity index (χ2n) is 7.63. The Balaban J connectivity index is 2.12. The molecule has 0 heterocycles. The normalized spacial score (nSPS) is 11.4. The minimum absolute atomic E-state index is 0.0691.